The third kappa shape index (κ3) is 7.52. The van der Waals surface area contributed by atoms with Gasteiger partial charge in [0, 0.05) is 25.2 Å². The van der Waals surface area contributed by atoms with E-state index in [4.69, 9.17) is 0 Å². The summed E-state index contributed by atoms with van der Waals surface area (Å²) in [6, 6.07) is 9.76. The number of nitrogens with one attached hydrogen (secondary N) is 2. The molecule has 0 bridgehead atoms. The number of rotatable bonds is 12. The monoisotopic (exact) mass is 508 g/mol. The number of carbonyl (C=O) groups is 3. The van der Waals surface area contributed by atoms with Gasteiger partial charge in [-0.05, 0) is 17.4 Å². The van der Waals surface area contributed by atoms with Crippen LogP contribution in [0.3, 0.4) is 0 Å². The lowest BCUT2D eigenvalue weighted by molar-refractivity contribution is -0.139. The number of carbonyl (C=O) groups excluding carboxylic acids is 2. The second kappa shape index (κ2) is 12.3. The normalized spacial score (nSPS) is 13.1. The minimum Gasteiger partial charge on any atom is -0.465 e. The number of aromatic nitrogens is 4. The predicted molar refractivity (Wildman–Crippen MR) is 140 cm³/mol. The Morgan fingerprint density at radius 3 is 2.49 bits per heavy atom. The summed E-state index contributed by atoms with van der Waals surface area (Å²) in [6.45, 7) is 8.04. The van der Waals surface area contributed by atoms with Gasteiger partial charge in [0.15, 0.2) is 0 Å². The van der Waals surface area contributed by atoms with Crippen molar-refractivity contribution in [3.63, 3.8) is 0 Å². The lowest BCUT2D eigenvalue weighted by Gasteiger charge is -2.42. The Kier molecular flexibility index (Phi) is 9.21. The number of Topliss-reactive ketones (excluding diaryl/α,β-unsaturated/α-hetero) is 1. The van der Waals surface area contributed by atoms with Crippen LogP contribution >= 0.6 is 0 Å². The molecule has 0 spiro atoms. The van der Waals surface area contributed by atoms with Gasteiger partial charge < -0.3 is 15.0 Å². The number of unbranched alkanes of at least 4 members (excludes halogenated alkanes) is 1. The number of anilines is 1. The number of amides is 2. The summed E-state index contributed by atoms with van der Waals surface area (Å²) < 4.78 is 1.86. The molecule has 0 saturated carbocycles. The first-order chi connectivity index (χ1) is 17.6. The van der Waals surface area contributed by atoms with Gasteiger partial charge in [-0.1, -0.05) is 70.9 Å². The fourth-order valence-electron chi connectivity index (χ4n) is 4.32. The van der Waals surface area contributed by atoms with E-state index in [9.17, 15) is 19.5 Å². The maximum absolute atomic E-state index is 13.3. The molecule has 3 rings (SSSR count). The molecule has 198 valence electrons. The second-order valence-electron chi connectivity index (χ2n) is 10.2. The van der Waals surface area contributed by atoms with Gasteiger partial charge in [0.25, 0.3) is 5.91 Å². The van der Waals surface area contributed by atoms with Crippen molar-refractivity contribution < 1.29 is 19.5 Å². The van der Waals surface area contributed by atoms with Gasteiger partial charge in [0.2, 0.25) is 5.78 Å². The number of aromatic amines is 1. The van der Waals surface area contributed by atoms with Crippen molar-refractivity contribution in [2.24, 2.45) is 5.41 Å². The molecule has 0 radical (unpaired) electrons. The Morgan fingerprint density at radius 2 is 1.89 bits per heavy atom. The summed E-state index contributed by atoms with van der Waals surface area (Å²) in [7, 11) is 0. The molecule has 0 aliphatic heterocycles. The molecule has 0 aliphatic rings. The van der Waals surface area contributed by atoms with E-state index in [1.165, 1.54) is 17.2 Å². The molecule has 2 heterocycles. The Hall–Kier alpha value is -3.95. The van der Waals surface area contributed by atoms with E-state index < -0.39 is 35.3 Å². The van der Waals surface area contributed by atoms with Crippen molar-refractivity contribution in [3.8, 4) is 0 Å². The van der Waals surface area contributed by atoms with Crippen LogP contribution in [0.15, 0.2) is 55.1 Å². The highest BCUT2D eigenvalue weighted by Gasteiger charge is 2.42. The molecule has 10 heteroatoms. The lowest BCUT2D eigenvalue weighted by Crippen LogP contribution is -2.57. The molecule has 1 unspecified atom stereocenters. The van der Waals surface area contributed by atoms with Crippen molar-refractivity contribution in [1.82, 2.24) is 24.6 Å². The van der Waals surface area contributed by atoms with Gasteiger partial charge in [0.1, 0.15) is 11.9 Å². The van der Waals surface area contributed by atoms with Crippen molar-refractivity contribution >= 4 is 23.6 Å². The summed E-state index contributed by atoms with van der Waals surface area (Å²) in [4.78, 5) is 44.5. The number of imidazole rings is 1. The van der Waals surface area contributed by atoms with Crippen molar-refractivity contribution in [2.75, 3.05) is 5.32 Å². The molecule has 2 amide bonds. The number of hydrogen-bond donors (Lipinski definition) is 3. The molecule has 2 aromatic heterocycles. The molecule has 2 atom stereocenters. The third-order valence-corrected chi connectivity index (χ3v) is 6.30. The van der Waals surface area contributed by atoms with Crippen LogP contribution in [0.5, 0.6) is 0 Å². The number of ketones is 1. The molecule has 3 N–H and O–H groups in total. The first kappa shape index (κ1) is 27.6. The van der Waals surface area contributed by atoms with Crippen LogP contribution in [0.1, 0.15) is 58.2 Å². The Bertz CT molecular complexity index is 1170. The van der Waals surface area contributed by atoms with Gasteiger partial charge in [0.05, 0.1) is 24.3 Å². The van der Waals surface area contributed by atoms with E-state index in [1.807, 2.05) is 68.8 Å². The van der Waals surface area contributed by atoms with E-state index in [0.29, 0.717) is 12.8 Å². The molecule has 3 aromatic rings. The Labute approximate surface area is 217 Å². The topological polar surface area (TPSA) is 133 Å². The molecule has 37 heavy (non-hydrogen) atoms. The SMILES string of the molecule is CCCC[C@@H](C(=O)C(=O)Nc1ccn[nH]1)N(C(=O)O)C(Cn1cnc(Cc2ccccc2)c1)C(C)(C)C. The smallest absolute Gasteiger partial charge is 0.408 e. The summed E-state index contributed by atoms with van der Waals surface area (Å²) in [5.74, 6) is -1.40. The zero-order chi connectivity index (χ0) is 27.0. The van der Waals surface area contributed by atoms with Crippen LogP contribution in [-0.4, -0.2) is 59.6 Å². The number of carboxylic acid groups (broad SMARTS) is 1. The molecular formula is C27H36N6O4. The Morgan fingerprint density at radius 1 is 1.16 bits per heavy atom. The lowest BCUT2D eigenvalue weighted by atomic mass is 9.84. The summed E-state index contributed by atoms with van der Waals surface area (Å²) in [6.07, 6.45) is 6.05. The van der Waals surface area contributed by atoms with E-state index >= 15 is 0 Å². The van der Waals surface area contributed by atoms with Crippen LogP contribution < -0.4 is 5.32 Å². The van der Waals surface area contributed by atoms with Crippen molar-refractivity contribution in [3.05, 3.63) is 66.4 Å². The van der Waals surface area contributed by atoms with Crippen LogP contribution in [0, 0.1) is 5.41 Å². The van der Waals surface area contributed by atoms with Crippen molar-refractivity contribution in [2.45, 2.75) is 72.0 Å². The minimum atomic E-state index is -1.24. The molecule has 1 aromatic carbocycles. The Balaban J connectivity index is 1.88. The predicted octanol–water partition coefficient (Wildman–Crippen LogP) is 4.36. The standard InChI is InChI=1S/C27H36N6O4/c1-5-6-12-21(24(34)25(35)30-23-13-14-29-31-23)33(26(36)37)22(27(2,3)4)17-32-16-20(28-18-32)15-19-10-8-7-9-11-19/h7-11,13-14,16,18,21-22H,5-6,12,15,17H2,1-4H3,(H,36,37)(H2,29,30,31,35)/t21-,22?/m0/s1. The second-order valence-corrected chi connectivity index (χ2v) is 10.2. The summed E-state index contributed by atoms with van der Waals surface area (Å²) in [5, 5.41) is 19.2. The summed E-state index contributed by atoms with van der Waals surface area (Å²) >= 11 is 0. The quantitative estimate of drug-likeness (QED) is 0.311. The van der Waals surface area contributed by atoms with E-state index in [0.717, 1.165) is 17.7 Å². The highest BCUT2D eigenvalue weighted by atomic mass is 16.4. The number of nitrogens with zero attached hydrogens (tertiary/aromatic N) is 4. The molecule has 0 aliphatic carbocycles. The van der Waals surface area contributed by atoms with Crippen molar-refractivity contribution in [1.29, 1.82) is 0 Å². The van der Waals surface area contributed by atoms with Gasteiger partial charge in [-0.3, -0.25) is 19.6 Å². The van der Waals surface area contributed by atoms with Crippen LogP contribution in [-0.2, 0) is 22.6 Å². The fourth-order valence-corrected chi connectivity index (χ4v) is 4.32. The first-order valence-electron chi connectivity index (χ1n) is 12.5. The van der Waals surface area contributed by atoms with E-state index in [2.05, 4.69) is 20.5 Å². The fraction of sp³-hybridized carbons (Fsp3) is 0.444. The van der Waals surface area contributed by atoms with Gasteiger partial charge in [-0.25, -0.2) is 9.78 Å². The zero-order valence-corrected chi connectivity index (χ0v) is 21.8. The molecule has 0 fully saturated rings. The van der Waals surface area contributed by atoms with E-state index in [-0.39, 0.29) is 18.8 Å². The largest absolute Gasteiger partial charge is 0.465 e. The maximum atomic E-state index is 13.3. The number of benzene rings is 1. The molecule has 10 nitrogen and oxygen atoms in total. The molecule has 0 saturated heterocycles. The highest BCUT2D eigenvalue weighted by molar-refractivity contribution is 6.42. The number of H-pyrrole nitrogens is 1. The van der Waals surface area contributed by atoms with E-state index in [1.54, 1.807) is 6.33 Å². The molecular weight excluding hydrogens is 472 g/mol. The van der Waals surface area contributed by atoms with Gasteiger partial charge >= 0.3 is 6.09 Å². The van der Waals surface area contributed by atoms with Crippen LogP contribution in [0.25, 0.3) is 0 Å². The average Bonchev–Trinajstić information content (AvgIpc) is 3.52. The average molecular weight is 509 g/mol. The third-order valence-electron chi connectivity index (χ3n) is 6.30. The maximum Gasteiger partial charge on any atom is 0.408 e. The van der Waals surface area contributed by atoms with Gasteiger partial charge in [-0.15, -0.1) is 0 Å². The van der Waals surface area contributed by atoms with Gasteiger partial charge in [-0.2, -0.15) is 5.10 Å². The first-order valence-corrected chi connectivity index (χ1v) is 12.5. The minimum absolute atomic E-state index is 0.244. The number of hydrogen-bond acceptors (Lipinski definition) is 5. The highest BCUT2D eigenvalue weighted by Crippen LogP contribution is 2.30. The summed E-state index contributed by atoms with van der Waals surface area (Å²) in [5.41, 5.74) is 1.45. The van der Waals surface area contributed by atoms with Crippen LogP contribution in [0.2, 0.25) is 0 Å². The zero-order valence-electron chi connectivity index (χ0n) is 21.8. The van der Waals surface area contributed by atoms with Crippen LogP contribution in [0.4, 0.5) is 10.6 Å².